The number of aromatic carboxylic acids is 3. The summed E-state index contributed by atoms with van der Waals surface area (Å²) in [5.74, 6) is -4.54. The van der Waals surface area contributed by atoms with Crippen LogP contribution in [0.3, 0.4) is 0 Å². The number of hydrogen-bond donors (Lipinski definition) is 4. The van der Waals surface area contributed by atoms with Crippen LogP contribution >= 0.6 is 0 Å². The molecule has 5 heterocycles. The van der Waals surface area contributed by atoms with Crippen molar-refractivity contribution in [3.05, 3.63) is 218 Å². The summed E-state index contributed by atoms with van der Waals surface area (Å²) in [5, 5.41) is 53.1. The molecule has 4 aliphatic rings. The van der Waals surface area contributed by atoms with Gasteiger partial charge in [0.1, 0.15) is 0 Å². The number of allylic oxidation sites excluding steroid dienone is 7. The van der Waals surface area contributed by atoms with Gasteiger partial charge in [0, 0.05) is 33.7 Å². The Bertz CT molecular complexity index is 3130. The molecule has 0 saturated carbocycles. The summed E-state index contributed by atoms with van der Waals surface area (Å²) in [7, 11) is 0. The molecule has 0 atom stereocenters. The summed E-state index contributed by atoms with van der Waals surface area (Å²) in [4.78, 5) is 54.4. The van der Waals surface area contributed by atoms with E-state index in [9.17, 15) is 39.9 Å². The first-order valence-electron chi connectivity index (χ1n) is 18.5. The predicted molar refractivity (Wildman–Crippen MR) is 222 cm³/mol. The van der Waals surface area contributed by atoms with E-state index < -0.39 is 23.9 Å². The summed E-state index contributed by atoms with van der Waals surface area (Å²) in [6.45, 7) is 0. The Balaban J connectivity index is 0.00000514. The summed E-state index contributed by atoms with van der Waals surface area (Å²) in [6, 6.07) is 29.3. The van der Waals surface area contributed by atoms with E-state index in [4.69, 9.17) is 15.0 Å². The van der Waals surface area contributed by atoms with Crippen molar-refractivity contribution >= 4 is 63.3 Å². The fraction of sp³-hybridized carbons (Fsp3) is 0. The molecule has 0 radical (unpaired) electrons. The number of fused-ring (bicyclic) bond motifs is 5. The number of hydrogen-bond acceptors (Lipinski definition) is 8. The second-order valence-corrected chi connectivity index (χ2v) is 13.9. The molecule has 0 aliphatic carbocycles. The number of nitrogens with one attached hydrogen (secondary N) is 1. The molecule has 1 aromatic heterocycles. The first-order chi connectivity index (χ1) is 29.0. The van der Waals surface area contributed by atoms with Crippen molar-refractivity contribution in [1.82, 2.24) is 4.98 Å². The van der Waals surface area contributed by atoms with Gasteiger partial charge in [0.05, 0.1) is 50.9 Å². The van der Waals surface area contributed by atoms with Gasteiger partial charge in [-0.2, -0.15) is 5.95 Å². The van der Waals surface area contributed by atoms with E-state index in [0.717, 1.165) is 0 Å². The molecule has 13 heteroatoms. The second kappa shape index (κ2) is 15.9. The zero-order valence-electron chi connectivity index (χ0n) is 31.4. The van der Waals surface area contributed by atoms with Gasteiger partial charge in [-0.05, 0) is 112 Å². The van der Waals surface area contributed by atoms with Crippen molar-refractivity contribution < 1.29 is 56.4 Å². The van der Waals surface area contributed by atoms with E-state index in [1.54, 1.807) is 48.5 Å². The monoisotopic (exact) mass is 846 g/mol. The maximum atomic E-state index is 11.8. The van der Waals surface area contributed by atoms with Gasteiger partial charge in [-0.25, -0.2) is 29.4 Å². The normalized spacial score (nSPS) is 15.1. The molecule has 0 fully saturated rings. The third-order valence-corrected chi connectivity index (χ3v) is 10.4. The van der Waals surface area contributed by atoms with Crippen LogP contribution < -0.4 is 20.7 Å². The van der Waals surface area contributed by atoms with Crippen LogP contribution in [0.2, 0.25) is 0 Å². The third-order valence-electron chi connectivity index (χ3n) is 10.4. The number of carboxylic acids is 3. The number of H-pyrrole nitrogens is 1. The Morgan fingerprint density at radius 2 is 0.770 bits per heavy atom. The van der Waals surface area contributed by atoms with Crippen molar-refractivity contribution in [3.63, 3.8) is 0 Å². The molecule has 8 bridgehead atoms. The Morgan fingerprint density at radius 1 is 0.426 bits per heavy atom. The van der Waals surface area contributed by atoms with Crippen molar-refractivity contribution in [2.75, 3.05) is 0 Å². The summed E-state index contributed by atoms with van der Waals surface area (Å²) < 4.78 is 0. The van der Waals surface area contributed by atoms with Crippen LogP contribution in [0.1, 0.15) is 59.2 Å². The predicted octanol–water partition coefficient (Wildman–Crippen LogP) is 4.72. The Labute approximate surface area is 356 Å². The Kier molecular flexibility index (Phi) is 10.3. The average Bonchev–Trinajstić information content (AvgIpc) is 4.10. The van der Waals surface area contributed by atoms with E-state index in [2.05, 4.69) is 4.98 Å². The number of carbonyl (C=O) groups is 3. The molecule has 0 unspecified atom stereocenters. The van der Waals surface area contributed by atoms with E-state index in [0.29, 0.717) is 89.8 Å². The number of nitrogens with zero attached hydrogens (tertiary/aromatic N) is 3. The first-order valence-corrected chi connectivity index (χ1v) is 18.5. The molecular formula is C48H28N4NiO8. The van der Waals surface area contributed by atoms with E-state index in [1.807, 2.05) is 48.6 Å². The maximum absolute atomic E-state index is 11.8. The minimum atomic E-state index is -1.32. The smallest absolute Gasteiger partial charge is 0.884 e. The van der Waals surface area contributed by atoms with Crippen LogP contribution in [0.15, 0.2) is 178 Å². The zero-order valence-corrected chi connectivity index (χ0v) is 32.4. The minimum absolute atomic E-state index is 0. The zero-order chi connectivity index (χ0) is 41.7. The molecule has 0 spiro atoms. The number of rotatable bonds is 6. The van der Waals surface area contributed by atoms with Gasteiger partial charge in [0.25, 0.3) is 0 Å². The fourth-order valence-electron chi connectivity index (χ4n) is 7.46. The largest absolute Gasteiger partial charge is 2.00 e. The van der Waals surface area contributed by atoms with Gasteiger partial charge in [0.2, 0.25) is 0 Å². The number of carboxylic acid groups (broad SMARTS) is 3. The summed E-state index contributed by atoms with van der Waals surface area (Å²) in [5.41, 5.74) is 9.22. The van der Waals surface area contributed by atoms with E-state index in [1.165, 1.54) is 48.5 Å². The standard InChI is InChI=1S/C48H30N4O8.Ni/c53-45(54)29-9-1-25(2-10-29)41-33-17-19-35(49-33)42(26-3-11-30(12-4-26)46(55)56)37-21-23-39(51-37)44(28-7-15-32(16-8-28)48(59)60)40-24-22-38(52-40)43(36-20-18-34(41)50-36)27-5-13-31(14-6-27)47(57)58;/h1-24,49,57-58H,(H,53,54)(H,55,56)(H,59,60);/q;+2/p-2. The SMILES string of the molecule is O=C(O)c1ccc(C2=C3C=CC(=N3)C(=c3ccc(=C([O-])[O-])cc3)C3=NC(=C(c4ccc(C(=O)O)cc4)c4ccc([nH]4)C(c4ccc(C(=O)O)cc4)=C4C=CC2=N4)C=C3)cc1.[Ni+2]. The summed E-state index contributed by atoms with van der Waals surface area (Å²) >= 11 is 0. The van der Waals surface area contributed by atoms with Gasteiger partial charge >= 0.3 is 34.4 Å². The van der Waals surface area contributed by atoms with Gasteiger partial charge in [0.15, 0.2) is 0 Å². The van der Waals surface area contributed by atoms with E-state index in [-0.39, 0.29) is 38.4 Å². The molecule has 9 rings (SSSR count). The summed E-state index contributed by atoms with van der Waals surface area (Å²) in [6.07, 6.45) is 11.0. The number of aliphatic imine (C=N–C) groups is 3. The number of aromatic nitrogens is 1. The molecule has 4 aromatic carbocycles. The number of benzene rings is 4. The van der Waals surface area contributed by atoms with Crippen LogP contribution in [0.4, 0.5) is 0 Å². The average molecular weight is 847 g/mol. The topological polar surface area (TPSA) is 211 Å². The third kappa shape index (κ3) is 7.41. The van der Waals surface area contributed by atoms with Gasteiger partial charge in [-0.1, -0.05) is 60.7 Å². The Hall–Kier alpha value is -8.15. The maximum Gasteiger partial charge on any atom is 2.00 e. The molecule has 298 valence electrons. The van der Waals surface area contributed by atoms with Crippen molar-refractivity contribution in [3.8, 4) is 0 Å². The van der Waals surface area contributed by atoms with Crippen molar-refractivity contribution in [2.45, 2.75) is 0 Å². The molecule has 0 amide bonds. The number of aromatic amines is 1. The van der Waals surface area contributed by atoms with Crippen LogP contribution in [0.25, 0.3) is 28.2 Å². The molecule has 12 nitrogen and oxygen atoms in total. The van der Waals surface area contributed by atoms with Crippen LogP contribution in [-0.2, 0) is 16.5 Å². The second-order valence-electron chi connectivity index (χ2n) is 13.9. The van der Waals surface area contributed by atoms with Crippen LogP contribution in [0, 0.1) is 0 Å². The quantitative estimate of drug-likeness (QED) is 0.175. The molecule has 0 saturated heterocycles. The van der Waals surface area contributed by atoms with Crippen LogP contribution in [0.5, 0.6) is 0 Å². The molecule has 5 aromatic rings. The molecule has 61 heavy (non-hydrogen) atoms. The van der Waals surface area contributed by atoms with Crippen molar-refractivity contribution in [1.29, 1.82) is 0 Å². The molecule has 4 aliphatic heterocycles. The molecule has 4 N–H and O–H groups in total. The first kappa shape index (κ1) is 39.7. The van der Waals surface area contributed by atoms with Gasteiger partial charge in [-0.15, -0.1) is 0 Å². The minimum Gasteiger partial charge on any atom is -0.884 e. The fourth-order valence-corrected chi connectivity index (χ4v) is 7.46. The van der Waals surface area contributed by atoms with Gasteiger partial charge in [-0.3, -0.25) is 0 Å². The molecular weight excluding hydrogens is 819 g/mol. The Morgan fingerprint density at radius 3 is 1.13 bits per heavy atom. The van der Waals surface area contributed by atoms with E-state index >= 15 is 0 Å². The van der Waals surface area contributed by atoms with Crippen molar-refractivity contribution in [2.24, 2.45) is 15.0 Å². The van der Waals surface area contributed by atoms with Gasteiger partial charge < -0.3 is 30.5 Å². The van der Waals surface area contributed by atoms with Crippen LogP contribution in [-0.4, -0.2) is 55.3 Å².